The van der Waals surface area contributed by atoms with Crippen molar-refractivity contribution in [2.24, 2.45) is 0 Å². The van der Waals surface area contributed by atoms with E-state index in [1.165, 1.54) is 0 Å². The van der Waals surface area contributed by atoms with Crippen LogP contribution < -0.4 is 0 Å². The van der Waals surface area contributed by atoms with Crippen molar-refractivity contribution in [2.75, 3.05) is 0 Å². The molecule has 0 radical (unpaired) electrons. The van der Waals surface area contributed by atoms with Gasteiger partial charge in [0.2, 0.25) is 0 Å². The molecule has 7 heteroatoms. The van der Waals surface area contributed by atoms with E-state index in [1.807, 2.05) is 0 Å². The number of ketones is 3. The molecule has 0 saturated heterocycles. The Bertz CT molecular complexity index is 402. The molecule has 0 aliphatic heterocycles. The van der Waals surface area contributed by atoms with Crippen LogP contribution in [0.25, 0.3) is 0 Å². The van der Waals surface area contributed by atoms with Gasteiger partial charge in [0.05, 0.1) is 0 Å². The molecule has 0 N–H and O–H groups in total. The summed E-state index contributed by atoms with van der Waals surface area (Å²) in [6.07, 6.45) is -1.08. The van der Waals surface area contributed by atoms with Crippen molar-refractivity contribution in [1.29, 1.82) is 0 Å². The first-order valence-corrected chi connectivity index (χ1v) is 9.20. The summed E-state index contributed by atoms with van der Waals surface area (Å²) >= 11 is -5.26. The molecular formula is C13H23O6Ti. The maximum atomic E-state index is 13.2. The van der Waals surface area contributed by atoms with Crippen LogP contribution in [0.5, 0.6) is 0 Å². The molecule has 0 bridgehead atoms. The number of carbonyl (C=O) groups excluding carboxylic acids is 3. The molecular weight excluding hydrogens is 300 g/mol. The Hall–Kier alpha value is -0.556. The fourth-order valence-electron chi connectivity index (χ4n) is 2.22. The van der Waals surface area contributed by atoms with Gasteiger partial charge in [0.15, 0.2) is 0 Å². The van der Waals surface area contributed by atoms with E-state index in [0.717, 1.165) is 20.8 Å². The number of carbonyl (C=O) groups is 3. The molecule has 6 nitrogen and oxygen atoms in total. The normalized spacial score (nSPS) is 12.8. The van der Waals surface area contributed by atoms with Crippen molar-refractivity contribution in [3.8, 4) is 0 Å². The monoisotopic (exact) mass is 323 g/mol. The van der Waals surface area contributed by atoms with Gasteiger partial charge in [-0.05, 0) is 0 Å². The zero-order valence-corrected chi connectivity index (χ0v) is 14.7. The second-order valence-electron chi connectivity index (χ2n) is 5.31. The molecule has 0 spiro atoms. The Balaban J connectivity index is 6.29. The van der Waals surface area contributed by atoms with Crippen LogP contribution in [-0.2, 0) is 41.7 Å². The average Bonchev–Trinajstić information content (AvgIpc) is 2.11. The molecule has 0 unspecified atom stereocenters. The summed E-state index contributed by atoms with van der Waals surface area (Å²) in [5, 5.41) is 0. The first-order valence-electron chi connectivity index (χ1n) is 6.51. The summed E-state index contributed by atoms with van der Waals surface area (Å²) in [7, 11) is 0. The number of Topliss-reactive ketones (excluding diaryl/α,β-unsaturated/α-hetero) is 3. The van der Waals surface area contributed by atoms with Crippen molar-refractivity contribution in [1.82, 2.24) is 0 Å². The van der Waals surface area contributed by atoms with E-state index in [2.05, 4.69) is 0 Å². The van der Waals surface area contributed by atoms with Crippen LogP contribution >= 0.6 is 0 Å². The summed E-state index contributed by atoms with van der Waals surface area (Å²) in [5.74, 6) is -2.39. The van der Waals surface area contributed by atoms with Gasteiger partial charge in [-0.15, -0.1) is 0 Å². The summed E-state index contributed by atoms with van der Waals surface area (Å²) in [6.45, 7) is 9.61. The van der Waals surface area contributed by atoms with Crippen molar-refractivity contribution in [2.45, 2.75) is 64.4 Å². The van der Waals surface area contributed by atoms with E-state index in [0.29, 0.717) is 0 Å². The third-order valence-corrected chi connectivity index (χ3v) is 8.35. The Morgan fingerprint density at radius 2 is 1.05 bits per heavy atom. The maximum absolute atomic E-state index is 13.2. The molecule has 0 aromatic heterocycles. The molecule has 0 heterocycles. The molecule has 20 heavy (non-hydrogen) atoms. The van der Waals surface area contributed by atoms with Crippen LogP contribution in [0.15, 0.2) is 0 Å². The molecule has 0 saturated carbocycles. The van der Waals surface area contributed by atoms with E-state index in [9.17, 15) is 17.7 Å². The van der Waals surface area contributed by atoms with Crippen molar-refractivity contribution >= 4 is 17.3 Å². The zero-order chi connectivity index (χ0) is 16.3. The molecule has 0 atom stereocenters. The first-order chi connectivity index (χ1) is 8.91. The van der Waals surface area contributed by atoms with Crippen molar-refractivity contribution < 1.29 is 41.7 Å². The Labute approximate surface area is 123 Å². The van der Waals surface area contributed by atoms with Gasteiger partial charge in [-0.25, -0.2) is 0 Å². The van der Waals surface area contributed by atoms with Gasteiger partial charge in [-0.2, -0.15) is 0 Å². The number of rotatable bonds is 8. The average molecular weight is 323 g/mol. The molecule has 0 fully saturated rings. The quantitative estimate of drug-likeness (QED) is 0.502. The summed E-state index contributed by atoms with van der Waals surface area (Å²) < 4.78 is 21.5. The fraction of sp³-hybridized carbons (Fsp3) is 0.769. The fourth-order valence-corrected chi connectivity index (χ4v) is 6.81. The Morgan fingerprint density at radius 3 is 1.20 bits per heavy atom. The van der Waals surface area contributed by atoms with Gasteiger partial charge in [-0.3, -0.25) is 0 Å². The van der Waals surface area contributed by atoms with E-state index in [-0.39, 0.29) is 0 Å². The second-order valence-corrected chi connectivity index (χ2v) is 8.95. The molecule has 0 aliphatic rings. The van der Waals surface area contributed by atoms with Gasteiger partial charge >= 0.3 is 123 Å². The molecule has 115 valence electrons. The van der Waals surface area contributed by atoms with Gasteiger partial charge in [0, 0.05) is 0 Å². The zero-order valence-electron chi connectivity index (χ0n) is 13.1. The summed E-state index contributed by atoms with van der Waals surface area (Å²) in [4.78, 5) is 36.0. The number of hydrogen-bond acceptors (Lipinski definition) is 6. The van der Waals surface area contributed by atoms with E-state index in [4.69, 9.17) is 6.64 Å². The van der Waals surface area contributed by atoms with Crippen LogP contribution in [0.1, 0.15) is 48.5 Å². The van der Waals surface area contributed by atoms with E-state index < -0.39 is 50.6 Å². The van der Waals surface area contributed by atoms with Gasteiger partial charge in [-0.1, -0.05) is 0 Å². The third-order valence-electron chi connectivity index (χ3n) is 2.83. The van der Waals surface area contributed by atoms with Crippen LogP contribution in [0.3, 0.4) is 0 Å². The van der Waals surface area contributed by atoms with Gasteiger partial charge < -0.3 is 0 Å². The summed E-state index contributed by atoms with van der Waals surface area (Å²) in [6, 6.07) is 0. The predicted molar refractivity (Wildman–Crippen MR) is 67.9 cm³/mol. The SMILES string of the molecule is CC(=O)[C](C(C)=O)(C(C)=O)[Ti](=[O])([O]C(C)C)[O]C(C)C. The van der Waals surface area contributed by atoms with Crippen LogP contribution in [-0.4, -0.2) is 29.6 Å². The molecule has 0 rings (SSSR count). The van der Waals surface area contributed by atoms with Gasteiger partial charge in [0.25, 0.3) is 0 Å². The van der Waals surface area contributed by atoms with Crippen molar-refractivity contribution in [3.63, 3.8) is 0 Å². The van der Waals surface area contributed by atoms with E-state index in [1.54, 1.807) is 27.7 Å². The second kappa shape index (κ2) is 6.94. The minimum atomic E-state index is -5.26. The van der Waals surface area contributed by atoms with E-state index >= 15 is 0 Å². The minimum absolute atomic E-state index is 0.538. The molecule has 0 aromatic carbocycles. The van der Waals surface area contributed by atoms with Crippen LogP contribution in [0, 0.1) is 0 Å². The Morgan fingerprint density at radius 1 is 0.800 bits per heavy atom. The number of hydrogen-bond donors (Lipinski definition) is 0. The Kier molecular flexibility index (Phi) is 6.74. The van der Waals surface area contributed by atoms with Crippen LogP contribution in [0.2, 0.25) is 3.72 Å². The summed E-state index contributed by atoms with van der Waals surface area (Å²) in [5.41, 5.74) is 0. The standard InChI is InChI=1S/C7H9O3.2C3H7O.O.Ti/c1-4(8)7(5(2)9)6(3)10;2*1-3(2)4;;/h1-3H3;2*3H,1-2H3;;/q;2*-1;;+2. The first kappa shape index (κ1) is 19.4. The van der Waals surface area contributed by atoms with Crippen LogP contribution in [0.4, 0.5) is 0 Å². The molecule has 0 aromatic rings. The van der Waals surface area contributed by atoms with Crippen molar-refractivity contribution in [3.05, 3.63) is 0 Å². The topological polar surface area (TPSA) is 86.7 Å². The molecule has 0 aliphatic carbocycles. The van der Waals surface area contributed by atoms with Gasteiger partial charge in [0.1, 0.15) is 0 Å². The predicted octanol–water partition coefficient (Wildman–Crippen LogP) is 2.09. The molecule has 0 amide bonds. The third kappa shape index (κ3) is 3.55.